The van der Waals surface area contributed by atoms with Crippen LogP contribution in [-0.2, 0) is 9.47 Å². The van der Waals surface area contributed by atoms with Gasteiger partial charge >= 0.3 is 0 Å². The Morgan fingerprint density at radius 3 is 1.70 bits per heavy atom. The summed E-state index contributed by atoms with van der Waals surface area (Å²) in [5.41, 5.74) is 0. The summed E-state index contributed by atoms with van der Waals surface area (Å²) in [4.78, 5) is 0.644. The highest BCUT2D eigenvalue weighted by Gasteiger charge is 2.15. The van der Waals surface area contributed by atoms with Crippen LogP contribution in [-0.4, -0.2) is 24.8 Å². The van der Waals surface area contributed by atoms with E-state index in [2.05, 4.69) is 57.5 Å². The van der Waals surface area contributed by atoms with Crippen molar-refractivity contribution in [2.45, 2.75) is 111 Å². The molecule has 0 fully saturated rings. The summed E-state index contributed by atoms with van der Waals surface area (Å²) in [7, 11) is 0. The fraction of sp³-hybridized carbons (Fsp3) is 1.00. The molecule has 0 spiro atoms. The SMILES string of the molecule is CCCCCCOCOCCCC(C)CC(C)CC(C)CC(C)CC(C)Br. The van der Waals surface area contributed by atoms with Gasteiger partial charge in [-0.25, -0.2) is 0 Å². The lowest BCUT2D eigenvalue weighted by Gasteiger charge is -2.23. The van der Waals surface area contributed by atoms with Crippen molar-refractivity contribution in [2.75, 3.05) is 20.0 Å². The van der Waals surface area contributed by atoms with Gasteiger partial charge in [0.15, 0.2) is 0 Å². The van der Waals surface area contributed by atoms with Gasteiger partial charge in [0.2, 0.25) is 0 Å². The molecule has 164 valence electrons. The fourth-order valence-corrected chi connectivity index (χ4v) is 5.00. The maximum atomic E-state index is 5.61. The van der Waals surface area contributed by atoms with E-state index in [-0.39, 0.29) is 0 Å². The molecule has 0 aliphatic rings. The smallest absolute Gasteiger partial charge is 0.146 e. The lowest BCUT2D eigenvalue weighted by molar-refractivity contribution is -0.0561. The van der Waals surface area contributed by atoms with Gasteiger partial charge < -0.3 is 9.47 Å². The molecule has 0 aromatic carbocycles. The minimum absolute atomic E-state index is 0.472. The van der Waals surface area contributed by atoms with E-state index >= 15 is 0 Å². The van der Waals surface area contributed by atoms with E-state index in [4.69, 9.17) is 9.47 Å². The van der Waals surface area contributed by atoms with E-state index in [9.17, 15) is 0 Å². The predicted molar refractivity (Wildman–Crippen MR) is 124 cm³/mol. The first-order valence-corrected chi connectivity index (χ1v) is 12.6. The van der Waals surface area contributed by atoms with E-state index in [1.165, 1.54) is 57.8 Å². The van der Waals surface area contributed by atoms with Crippen molar-refractivity contribution in [3.05, 3.63) is 0 Å². The van der Waals surface area contributed by atoms with Crippen LogP contribution in [0.1, 0.15) is 106 Å². The normalized spacial score (nSPS) is 17.4. The number of ether oxygens (including phenoxy) is 2. The highest BCUT2D eigenvalue weighted by Crippen LogP contribution is 2.27. The molecule has 0 bridgehead atoms. The van der Waals surface area contributed by atoms with Crippen LogP contribution in [0.2, 0.25) is 0 Å². The lowest BCUT2D eigenvalue weighted by Crippen LogP contribution is -2.12. The average molecular weight is 450 g/mol. The summed E-state index contributed by atoms with van der Waals surface area (Å²) in [6.45, 7) is 16.3. The first-order valence-electron chi connectivity index (χ1n) is 11.6. The molecule has 0 rings (SSSR count). The maximum Gasteiger partial charge on any atom is 0.146 e. The van der Waals surface area contributed by atoms with Gasteiger partial charge in [0.1, 0.15) is 6.79 Å². The van der Waals surface area contributed by atoms with E-state index in [0.29, 0.717) is 11.6 Å². The second-order valence-electron chi connectivity index (χ2n) is 9.28. The number of hydrogen-bond acceptors (Lipinski definition) is 2. The Morgan fingerprint density at radius 1 is 0.630 bits per heavy atom. The van der Waals surface area contributed by atoms with Gasteiger partial charge in [-0.3, -0.25) is 0 Å². The number of unbranched alkanes of at least 4 members (excludes halogenated alkanes) is 3. The van der Waals surface area contributed by atoms with Crippen LogP contribution in [0.15, 0.2) is 0 Å². The zero-order valence-electron chi connectivity index (χ0n) is 19.3. The van der Waals surface area contributed by atoms with Crippen molar-refractivity contribution in [3.63, 3.8) is 0 Å². The largest absolute Gasteiger partial charge is 0.355 e. The maximum absolute atomic E-state index is 5.61. The number of alkyl halides is 1. The summed E-state index contributed by atoms with van der Waals surface area (Å²) in [5, 5.41) is 0. The van der Waals surface area contributed by atoms with Crippen molar-refractivity contribution in [2.24, 2.45) is 23.7 Å². The summed E-state index contributed by atoms with van der Waals surface area (Å²) >= 11 is 3.69. The van der Waals surface area contributed by atoms with Crippen LogP contribution in [0, 0.1) is 23.7 Å². The van der Waals surface area contributed by atoms with E-state index in [0.717, 1.165) is 43.3 Å². The van der Waals surface area contributed by atoms with Crippen LogP contribution in [0.25, 0.3) is 0 Å². The minimum atomic E-state index is 0.472. The molecule has 27 heavy (non-hydrogen) atoms. The molecule has 0 radical (unpaired) electrons. The molecule has 0 aromatic heterocycles. The Balaban J connectivity index is 3.58. The number of halogens is 1. The van der Waals surface area contributed by atoms with Crippen LogP contribution < -0.4 is 0 Å². The molecule has 0 aliphatic carbocycles. The number of hydrogen-bond donors (Lipinski definition) is 0. The Bertz CT molecular complexity index is 309. The highest BCUT2D eigenvalue weighted by atomic mass is 79.9. The molecule has 5 unspecified atom stereocenters. The van der Waals surface area contributed by atoms with Crippen molar-refractivity contribution < 1.29 is 9.47 Å². The zero-order valence-corrected chi connectivity index (χ0v) is 20.9. The molecule has 5 atom stereocenters. The molecular weight excluding hydrogens is 400 g/mol. The summed E-state index contributed by atoms with van der Waals surface area (Å²) < 4.78 is 11.1. The molecular formula is C24H49BrO2. The molecule has 2 nitrogen and oxygen atoms in total. The van der Waals surface area contributed by atoms with Crippen molar-refractivity contribution >= 4 is 15.9 Å². The van der Waals surface area contributed by atoms with Gasteiger partial charge in [-0.15, -0.1) is 0 Å². The molecule has 0 saturated carbocycles. The zero-order chi connectivity index (χ0) is 20.5. The standard InChI is InChI=1S/C24H49BrO2/c1-7-8-9-10-13-26-19-27-14-11-12-20(2)15-21(3)16-22(4)17-23(5)18-24(6)25/h20-24H,7-19H2,1-6H3. The predicted octanol–water partition coefficient (Wildman–Crippen LogP) is 8.23. The van der Waals surface area contributed by atoms with Crippen molar-refractivity contribution in [1.82, 2.24) is 0 Å². The van der Waals surface area contributed by atoms with Crippen molar-refractivity contribution in [1.29, 1.82) is 0 Å². The lowest BCUT2D eigenvalue weighted by atomic mass is 9.84. The van der Waals surface area contributed by atoms with E-state index in [1.54, 1.807) is 0 Å². The Morgan fingerprint density at radius 2 is 1.15 bits per heavy atom. The third kappa shape index (κ3) is 19.5. The van der Waals surface area contributed by atoms with Crippen LogP contribution in [0.4, 0.5) is 0 Å². The minimum Gasteiger partial charge on any atom is -0.355 e. The van der Waals surface area contributed by atoms with Crippen LogP contribution in [0.5, 0.6) is 0 Å². The second kappa shape index (κ2) is 18.4. The van der Waals surface area contributed by atoms with Crippen LogP contribution in [0.3, 0.4) is 0 Å². The second-order valence-corrected chi connectivity index (χ2v) is 10.8. The summed E-state index contributed by atoms with van der Waals surface area (Å²) in [6.07, 6.45) is 12.8. The summed E-state index contributed by atoms with van der Waals surface area (Å²) in [5.74, 6) is 3.29. The summed E-state index contributed by atoms with van der Waals surface area (Å²) in [6, 6.07) is 0. The Labute approximate surface area is 179 Å². The molecule has 0 saturated heterocycles. The van der Waals surface area contributed by atoms with Gasteiger partial charge in [-0.05, 0) is 68.6 Å². The molecule has 0 heterocycles. The van der Waals surface area contributed by atoms with Gasteiger partial charge in [-0.2, -0.15) is 0 Å². The topological polar surface area (TPSA) is 18.5 Å². The molecule has 3 heteroatoms. The van der Waals surface area contributed by atoms with Crippen molar-refractivity contribution in [3.8, 4) is 0 Å². The van der Waals surface area contributed by atoms with E-state index < -0.39 is 0 Å². The first kappa shape index (κ1) is 27.4. The van der Waals surface area contributed by atoms with E-state index in [1.807, 2.05) is 0 Å². The Kier molecular flexibility index (Phi) is 18.7. The fourth-order valence-electron chi connectivity index (χ4n) is 4.36. The number of rotatable bonds is 19. The first-order chi connectivity index (χ1) is 12.8. The molecule has 0 aliphatic heterocycles. The van der Waals surface area contributed by atoms with Gasteiger partial charge in [0.25, 0.3) is 0 Å². The van der Waals surface area contributed by atoms with Gasteiger partial charge in [-0.1, -0.05) is 76.7 Å². The van der Waals surface area contributed by atoms with Gasteiger partial charge in [0.05, 0.1) is 0 Å². The molecule has 0 N–H and O–H groups in total. The molecule has 0 amide bonds. The highest BCUT2D eigenvalue weighted by molar-refractivity contribution is 9.09. The average Bonchev–Trinajstić information content (AvgIpc) is 2.55. The van der Waals surface area contributed by atoms with Crippen LogP contribution >= 0.6 is 15.9 Å². The molecule has 0 aromatic rings. The third-order valence-electron chi connectivity index (χ3n) is 5.44. The Hall–Kier alpha value is 0.400. The quantitative estimate of drug-likeness (QED) is 0.112. The third-order valence-corrected chi connectivity index (χ3v) is 5.81. The van der Waals surface area contributed by atoms with Gasteiger partial charge in [0, 0.05) is 18.0 Å². The monoisotopic (exact) mass is 448 g/mol.